The third-order valence-corrected chi connectivity index (χ3v) is 2.34. The Balaban J connectivity index is 3.27. The first-order valence-corrected chi connectivity index (χ1v) is 4.50. The molecule has 0 aliphatic heterocycles. The normalized spacial score (nSPS) is 9.92. The van der Waals surface area contributed by atoms with Crippen LogP contribution in [0.25, 0.3) is 0 Å². The maximum Gasteiger partial charge on any atom is 0.252 e. The second-order valence-corrected chi connectivity index (χ2v) is 3.26. The molecule has 0 spiro atoms. The lowest BCUT2D eigenvalue weighted by Gasteiger charge is -2.05. The minimum absolute atomic E-state index is 0.414. The van der Waals surface area contributed by atoms with Crippen molar-refractivity contribution in [1.82, 2.24) is 0 Å². The molecule has 3 heteroatoms. The summed E-state index contributed by atoms with van der Waals surface area (Å²) >= 11 is 9.62. The predicted molar refractivity (Wildman–Crippen MR) is 53.3 cm³/mol. The number of hydrogen-bond donors (Lipinski definition) is 1. The van der Waals surface area contributed by atoms with E-state index in [4.69, 9.17) is 11.6 Å². The van der Waals surface area contributed by atoms with Gasteiger partial charge in [-0.05, 0) is 35.7 Å². The van der Waals surface area contributed by atoms with Gasteiger partial charge in [-0.2, -0.15) is 0 Å². The summed E-state index contributed by atoms with van der Waals surface area (Å²) in [5.41, 5.74) is 1.48. The minimum Gasteiger partial charge on any atom is -0.276 e. The fourth-order valence-electron chi connectivity index (χ4n) is 1.13. The van der Waals surface area contributed by atoms with Crippen molar-refractivity contribution in [2.75, 3.05) is 0 Å². The van der Waals surface area contributed by atoms with Gasteiger partial charge in [-0.15, -0.1) is 12.6 Å². The van der Waals surface area contributed by atoms with Crippen molar-refractivity contribution < 1.29 is 4.79 Å². The molecule has 0 N–H and O–H groups in total. The standard InChI is InChI=1S/C9H9ClOS/c1-2-6-7(9(10)11)4-3-5-8(6)12/h3-5,12H,2H2,1H3. The quantitative estimate of drug-likeness (QED) is 0.574. The van der Waals surface area contributed by atoms with Crippen molar-refractivity contribution >= 4 is 29.5 Å². The maximum atomic E-state index is 10.9. The highest BCUT2D eigenvalue weighted by Gasteiger charge is 2.08. The van der Waals surface area contributed by atoms with Crippen LogP contribution in [0.1, 0.15) is 22.8 Å². The molecule has 12 heavy (non-hydrogen) atoms. The van der Waals surface area contributed by atoms with Gasteiger partial charge in [0.25, 0.3) is 5.24 Å². The number of benzene rings is 1. The van der Waals surface area contributed by atoms with Crippen molar-refractivity contribution in [2.24, 2.45) is 0 Å². The number of carbonyl (C=O) groups is 1. The first-order valence-electron chi connectivity index (χ1n) is 3.67. The van der Waals surface area contributed by atoms with E-state index >= 15 is 0 Å². The molecule has 0 saturated carbocycles. The second-order valence-electron chi connectivity index (χ2n) is 2.43. The summed E-state index contributed by atoms with van der Waals surface area (Å²) in [6.45, 7) is 1.97. The molecular weight excluding hydrogens is 192 g/mol. The van der Waals surface area contributed by atoms with E-state index in [1.807, 2.05) is 13.0 Å². The van der Waals surface area contributed by atoms with E-state index in [0.717, 1.165) is 16.9 Å². The van der Waals surface area contributed by atoms with Crippen LogP contribution in [-0.4, -0.2) is 5.24 Å². The van der Waals surface area contributed by atoms with Crippen LogP contribution in [0.15, 0.2) is 23.1 Å². The van der Waals surface area contributed by atoms with Crippen LogP contribution in [0, 0.1) is 0 Å². The summed E-state index contributed by atoms with van der Waals surface area (Å²) in [5.74, 6) is 0. The molecule has 0 saturated heterocycles. The van der Waals surface area contributed by atoms with E-state index in [-0.39, 0.29) is 0 Å². The summed E-state index contributed by atoms with van der Waals surface area (Å²) in [6.07, 6.45) is 0.771. The highest BCUT2D eigenvalue weighted by molar-refractivity contribution is 7.80. The van der Waals surface area contributed by atoms with Crippen molar-refractivity contribution in [3.63, 3.8) is 0 Å². The molecule has 1 nitrogen and oxygen atoms in total. The van der Waals surface area contributed by atoms with Crippen LogP contribution in [0.5, 0.6) is 0 Å². The van der Waals surface area contributed by atoms with Crippen molar-refractivity contribution in [1.29, 1.82) is 0 Å². The highest BCUT2D eigenvalue weighted by Crippen LogP contribution is 2.20. The van der Waals surface area contributed by atoms with E-state index in [2.05, 4.69) is 12.6 Å². The Labute approximate surface area is 82.1 Å². The zero-order valence-corrected chi connectivity index (χ0v) is 8.32. The molecule has 0 heterocycles. The van der Waals surface area contributed by atoms with Gasteiger partial charge in [-0.3, -0.25) is 4.79 Å². The van der Waals surface area contributed by atoms with Gasteiger partial charge in [0, 0.05) is 10.5 Å². The molecule has 0 aliphatic carbocycles. The molecule has 0 atom stereocenters. The topological polar surface area (TPSA) is 17.1 Å². The molecule has 0 bridgehead atoms. The molecule has 0 aromatic heterocycles. The molecule has 0 unspecified atom stereocenters. The molecule has 0 amide bonds. The van der Waals surface area contributed by atoms with E-state index in [1.165, 1.54) is 0 Å². The Hall–Kier alpha value is -0.470. The smallest absolute Gasteiger partial charge is 0.252 e. The first-order chi connectivity index (χ1) is 5.66. The summed E-state index contributed by atoms with van der Waals surface area (Å²) < 4.78 is 0. The van der Waals surface area contributed by atoms with Gasteiger partial charge in [0.2, 0.25) is 0 Å². The van der Waals surface area contributed by atoms with Crippen molar-refractivity contribution in [2.45, 2.75) is 18.2 Å². The molecule has 1 rings (SSSR count). The molecule has 64 valence electrons. The first kappa shape index (κ1) is 9.62. The number of hydrogen-bond acceptors (Lipinski definition) is 2. The highest BCUT2D eigenvalue weighted by atomic mass is 35.5. The average Bonchev–Trinajstić information content (AvgIpc) is 2.03. The average molecular weight is 201 g/mol. The number of carbonyl (C=O) groups excluding carboxylic acids is 1. The molecule has 1 aromatic rings. The zero-order chi connectivity index (χ0) is 9.14. The Morgan fingerprint density at radius 3 is 2.67 bits per heavy atom. The molecular formula is C9H9ClOS. The molecule has 0 aliphatic rings. The lowest BCUT2D eigenvalue weighted by molar-refractivity contribution is 0.108. The molecule has 1 aromatic carbocycles. The third kappa shape index (κ3) is 1.82. The van der Waals surface area contributed by atoms with Gasteiger partial charge in [0.1, 0.15) is 0 Å². The third-order valence-electron chi connectivity index (χ3n) is 1.72. The van der Waals surface area contributed by atoms with Gasteiger partial charge in [-0.1, -0.05) is 13.0 Å². The van der Waals surface area contributed by atoms with E-state index in [9.17, 15) is 4.79 Å². The zero-order valence-electron chi connectivity index (χ0n) is 6.67. The number of halogens is 1. The number of thiol groups is 1. The molecule has 0 fully saturated rings. The Kier molecular flexibility index (Phi) is 3.18. The Morgan fingerprint density at radius 1 is 1.58 bits per heavy atom. The summed E-state index contributed by atoms with van der Waals surface area (Å²) in [4.78, 5) is 11.7. The van der Waals surface area contributed by atoms with E-state index < -0.39 is 5.24 Å². The summed E-state index contributed by atoms with van der Waals surface area (Å²) in [7, 11) is 0. The van der Waals surface area contributed by atoms with Crippen LogP contribution in [0.4, 0.5) is 0 Å². The van der Waals surface area contributed by atoms with Crippen molar-refractivity contribution in [3.05, 3.63) is 29.3 Å². The largest absolute Gasteiger partial charge is 0.276 e. The second kappa shape index (κ2) is 3.97. The van der Waals surface area contributed by atoms with E-state index in [0.29, 0.717) is 5.56 Å². The van der Waals surface area contributed by atoms with Gasteiger partial charge >= 0.3 is 0 Å². The lowest BCUT2D eigenvalue weighted by atomic mass is 10.1. The lowest BCUT2D eigenvalue weighted by Crippen LogP contribution is -1.97. The maximum absolute atomic E-state index is 10.9. The van der Waals surface area contributed by atoms with Crippen LogP contribution in [0.2, 0.25) is 0 Å². The van der Waals surface area contributed by atoms with E-state index in [1.54, 1.807) is 12.1 Å². The van der Waals surface area contributed by atoms with Gasteiger partial charge in [0.15, 0.2) is 0 Å². The summed E-state index contributed by atoms with van der Waals surface area (Å²) in [5, 5.41) is -0.414. The van der Waals surface area contributed by atoms with Gasteiger partial charge < -0.3 is 0 Å². The Morgan fingerprint density at radius 2 is 2.25 bits per heavy atom. The fraction of sp³-hybridized carbons (Fsp3) is 0.222. The molecule has 0 radical (unpaired) electrons. The van der Waals surface area contributed by atoms with Gasteiger partial charge in [-0.25, -0.2) is 0 Å². The van der Waals surface area contributed by atoms with Gasteiger partial charge in [0.05, 0.1) is 0 Å². The fourth-order valence-corrected chi connectivity index (χ4v) is 1.67. The van der Waals surface area contributed by atoms with Crippen LogP contribution in [0.3, 0.4) is 0 Å². The monoisotopic (exact) mass is 200 g/mol. The van der Waals surface area contributed by atoms with Crippen LogP contribution in [-0.2, 0) is 6.42 Å². The van der Waals surface area contributed by atoms with Crippen LogP contribution < -0.4 is 0 Å². The predicted octanol–water partition coefficient (Wildman–Crippen LogP) is 2.92. The number of rotatable bonds is 2. The Bertz CT molecular complexity index is 309. The van der Waals surface area contributed by atoms with Crippen LogP contribution >= 0.6 is 24.2 Å². The minimum atomic E-state index is -0.414. The van der Waals surface area contributed by atoms with Crippen molar-refractivity contribution in [3.8, 4) is 0 Å². The summed E-state index contributed by atoms with van der Waals surface area (Å²) in [6, 6.07) is 5.34. The SMILES string of the molecule is CCc1c(S)cccc1C(=O)Cl.